The summed E-state index contributed by atoms with van der Waals surface area (Å²) < 4.78 is 40.5. The number of rotatable bonds is 12. The third-order valence-corrected chi connectivity index (χ3v) is 9.97. The first-order valence-electron chi connectivity index (χ1n) is 14.5. The first-order valence-corrected chi connectivity index (χ1v) is 16.4. The van der Waals surface area contributed by atoms with Gasteiger partial charge in [0.1, 0.15) is 11.5 Å². The fourth-order valence-corrected chi connectivity index (χ4v) is 7.23. The third-order valence-electron chi connectivity index (χ3n) is 8.33. The summed E-state index contributed by atoms with van der Waals surface area (Å²) in [5.41, 5.74) is 4.94. The molecule has 1 amide bonds. The second kappa shape index (κ2) is 13.5. The number of hydrogen-bond acceptors (Lipinski definition) is 6. The first kappa shape index (κ1) is 31.6. The maximum Gasteiger partial charge on any atom is 0.264 e. The minimum atomic E-state index is -4.02. The number of carbonyl (C=O) groups is 1. The van der Waals surface area contributed by atoms with Gasteiger partial charge >= 0.3 is 0 Å². The number of halogens is 1. The van der Waals surface area contributed by atoms with E-state index in [9.17, 15) is 18.3 Å². The molecule has 0 aliphatic heterocycles. The SMILES string of the molecule is COc1cc([C@@H](O)[C@H](CC2Cc3ccccc3C2)Cn2ccc(CC(=O)NS(=O)(=O)c3ccc(Cl)cc3)c2)cc(OC)c1C. The molecule has 0 radical (unpaired) electrons. The Labute approximate surface area is 263 Å². The van der Waals surface area contributed by atoms with E-state index in [4.69, 9.17) is 21.1 Å². The summed E-state index contributed by atoms with van der Waals surface area (Å²) in [4.78, 5) is 12.7. The van der Waals surface area contributed by atoms with Crippen LogP contribution < -0.4 is 14.2 Å². The minimum Gasteiger partial charge on any atom is -0.496 e. The van der Waals surface area contributed by atoms with Crippen molar-refractivity contribution in [2.24, 2.45) is 11.8 Å². The molecule has 2 atom stereocenters. The molecule has 8 nitrogen and oxygen atoms in total. The van der Waals surface area contributed by atoms with E-state index in [-0.39, 0.29) is 17.2 Å². The molecule has 1 heterocycles. The normalized spacial score (nSPS) is 14.6. The molecule has 3 aromatic carbocycles. The lowest BCUT2D eigenvalue weighted by Crippen LogP contribution is -2.31. The summed E-state index contributed by atoms with van der Waals surface area (Å²) in [6.07, 6.45) is 5.46. The molecule has 0 saturated heterocycles. The monoisotopic (exact) mass is 636 g/mol. The molecule has 10 heteroatoms. The van der Waals surface area contributed by atoms with Gasteiger partial charge in [-0.3, -0.25) is 4.79 Å². The minimum absolute atomic E-state index is 0.0388. The Morgan fingerprint density at radius 3 is 2.23 bits per heavy atom. The summed E-state index contributed by atoms with van der Waals surface area (Å²) in [5, 5.41) is 12.2. The van der Waals surface area contributed by atoms with Gasteiger partial charge in [-0.2, -0.15) is 0 Å². The third kappa shape index (κ3) is 7.29. The van der Waals surface area contributed by atoms with Crippen molar-refractivity contribution in [3.05, 3.63) is 112 Å². The van der Waals surface area contributed by atoms with E-state index in [1.54, 1.807) is 20.3 Å². The molecule has 1 aliphatic carbocycles. The Balaban J connectivity index is 1.33. The number of aliphatic hydroxyl groups excluding tert-OH is 1. The zero-order chi connectivity index (χ0) is 31.4. The van der Waals surface area contributed by atoms with Crippen LogP contribution in [0.4, 0.5) is 0 Å². The van der Waals surface area contributed by atoms with Crippen molar-refractivity contribution in [2.75, 3.05) is 14.2 Å². The van der Waals surface area contributed by atoms with E-state index >= 15 is 0 Å². The average molecular weight is 637 g/mol. The maximum absolute atomic E-state index is 12.7. The van der Waals surface area contributed by atoms with Crippen LogP contribution in [0.2, 0.25) is 5.02 Å². The standard InChI is InChI=1S/C34H37ClN2O6S/c1-22-31(42-2)18-27(19-32(22)43-3)34(39)28(16-24-14-25-6-4-5-7-26(25)15-24)21-37-13-12-23(20-37)17-33(38)36-44(40,41)30-10-8-29(35)9-11-30/h4-13,18-20,24,28,34,39H,14-17,21H2,1-3H3,(H,36,38)/t28-,34-/m1/s1. The van der Waals surface area contributed by atoms with Gasteiger partial charge in [0.05, 0.1) is 31.6 Å². The van der Waals surface area contributed by atoms with Crippen molar-refractivity contribution in [1.29, 1.82) is 0 Å². The number of nitrogens with one attached hydrogen (secondary N) is 1. The quantitative estimate of drug-likeness (QED) is 0.208. The lowest BCUT2D eigenvalue weighted by molar-refractivity contribution is -0.118. The largest absolute Gasteiger partial charge is 0.496 e. The van der Waals surface area contributed by atoms with Gasteiger partial charge in [0.2, 0.25) is 5.91 Å². The van der Waals surface area contributed by atoms with Gasteiger partial charge in [-0.15, -0.1) is 0 Å². The van der Waals surface area contributed by atoms with Crippen LogP contribution in [0.5, 0.6) is 11.5 Å². The van der Waals surface area contributed by atoms with Gasteiger partial charge in [0.15, 0.2) is 0 Å². The van der Waals surface area contributed by atoms with Crippen LogP contribution in [-0.4, -0.2) is 38.2 Å². The second-order valence-electron chi connectivity index (χ2n) is 11.4. The van der Waals surface area contributed by atoms with Crippen molar-refractivity contribution in [2.45, 2.75) is 50.2 Å². The summed E-state index contributed by atoms with van der Waals surface area (Å²) in [6.45, 7) is 2.41. The Morgan fingerprint density at radius 2 is 1.64 bits per heavy atom. The van der Waals surface area contributed by atoms with Gasteiger partial charge in [-0.05, 0) is 96.8 Å². The zero-order valence-corrected chi connectivity index (χ0v) is 26.6. The van der Waals surface area contributed by atoms with Crippen LogP contribution in [0.3, 0.4) is 0 Å². The van der Waals surface area contributed by atoms with Gasteiger partial charge in [-0.25, -0.2) is 13.1 Å². The number of nitrogens with zero attached hydrogens (tertiary/aromatic N) is 1. The highest BCUT2D eigenvalue weighted by atomic mass is 35.5. The molecule has 0 unspecified atom stereocenters. The second-order valence-corrected chi connectivity index (χ2v) is 13.5. The van der Waals surface area contributed by atoms with Crippen LogP contribution in [0.1, 0.15) is 40.3 Å². The zero-order valence-electron chi connectivity index (χ0n) is 25.0. The van der Waals surface area contributed by atoms with E-state index in [2.05, 4.69) is 29.0 Å². The van der Waals surface area contributed by atoms with Crippen molar-refractivity contribution < 1.29 is 27.8 Å². The highest BCUT2D eigenvalue weighted by Gasteiger charge is 2.30. The molecule has 232 valence electrons. The van der Waals surface area contributed by atoms with E-state index in [1.807, 2.05) is 36.0 Å². The average Bonchev–Trinajstić information content (AvgIpc) is 3.62. The predicted molar refractivity (Wildman–Crippen MR) is 170 cm³/mol. The van der Waals surface area contributed by atoms with Gasteiger partial charge < -0.3 is 19.1 Å². The van der Waals surface area contributed by atoms with Gasteiger partial charge in [0, 0.05) is 35.4 Å². The first-order chi connectivity index (χ1) is 21.1. The molecule has 1 aliphatic rings. The highest BCUT2D eigenvalue weighted by Crippen LogP contribution is 2.39. The molecule has 44 heavy (non-hydrogen) atoms. The van der Waals surface area contributed by atoms with Crippen molar-refractivity contribution in [3.63, 3.8) is 0 Å². The molecule has 0 bridgehead atoms. The Bertz CT molecular complexity index is 1680. The van der Waals surface area contributed by atoms with Crippen LogP contribution >= 0.6 is 11.6 Å². The number of aromatic nitrogens is 1. The fraction of sp³-hybridized carbons (Fsp3) is 0.324. The lowest BCUT2D eigenvalue weighted by atomic mass is 9.85. The van der Waals surface area contributed by atoms with Crippen LogP contribution in [0.25, 0.3) is 0 Å². The van der Waals surface area contributed by atoms with Gasteiger partial charge in [0.25, 0.3) is 10.0 Å². The number of fused-ring (bicyclic) bond motifs is 1. The van der Waals surface area contributed by atoms with Crippen molar-refractivity contribution in [3.8, 4) is 11.5 Å². The number of aliphatic hydroxyl groups is 1. The smallest absolute Gasteiger partial charge is 0.264 e. The Hall–Kier alpha value is -3.79. The topological polar surface area (TPSA) is 107 Å². The number of methoxy groups -OCH3 is 2. The molecule has 5 rings (SSSR count). The van der Waals surface area contributed by atoms with Crippen LogP contribution in [0.15, 0.2) is 84.0 Å². The maximum atomic E-state index is 12.7. The number of amides is 1. The van der Waals surface area contributed by atoms with Crippen molar-refractivity contribution in [1.82, 2.24) is 9.29 Å². The molecule has 4 aromatic rings. The number of sulfonamides is 1. The molecule has 1 aromatic heterocycles. The Kier molecular flexibility index (Phi) is 9.68. The number of benzene rings is 3. The van der Waals surface area contributed by atoms with E-state index < -0.39 is 22.0 Å². The fourth-order valence-electron chi connectivity index (χ4n) is 6.12. The highest BCUT2D eigenvalue weighted by molar-refractivity contribution is 7.90. The molecule has 0 saturated carbocycles. The van der Waals surface area contributed by atoms with Crippen LogP contribution in [-0.2, 0) is 40.6 Å². The lowest BCUT2D eigenvalue weighted by Gasteiger charge is -2.27. The van der Waals surface area contributed by atoms with Crippen molar-refractivity contribution >= 4 is 27.5 Å². The summed E-state index contributed by atoms with van der Waals surface area (Å²) in [6, 6.07) is 19.6. The summed E-state index contributed by atoms with van der Waals surface area (Å²) >= 11 is 5.86. The summed E-state index contributed by atoms with van der Waals surface area (Å²) in [7, 11) is -0.819. The molecule has 0 spiro atoms. The van der Waals surface area contributed by atoms with E-state index in [0.29, 0.717) is 40.1 Å². The number of hydrogen-bond donors (Lipinski definition) is 2. The van der Waals surface area contributed by atoms with E-state index in [1.165, 1.54) is 35.4 Å². The summed E-state index contributed by atoms with van der Waals surface area (Å²) in [5.74, 6) is 0.865. The van der Waals surface area contributed by atoms with Crippen LogP contribution in [0, 0.1) is 18.8 Å². The van der Waals surface area contributed by atoms with E-state index in [0.717, 1.165) is 24.8 Å². The molecule has 0 fully saturated rings. The molecular weight excluding hydrogens is 600 g/mol. The molecule has 2 N–H and O–H groups in total. The number of carbonyl (C=O) groups excluding carboxylic acids is 1. The predicted octanol–water partition coefficient (Wildman–Crippen LogP) is 5.67. The van der Waals surface area contributed by atoms with Gasteiger partial charge in [-0.1, -0.05) is 35.9 Å². The Morgan fingerprint density at radius 1 is 1.02 bits per heavy atom. The molecular formula is C34H37ClN2O6S. The number of ether oxygens (including phenoxy) is 2.